The van der Waals surface area contributed by atoms with Crippen molar-refractivity contribution >= 4 is 37.6 Å². The highest BCUT2D eigenvalue weighted by atomic mass is 79.9. The van der Waals surface area contributed by atoms with Gasteiger partial charge in [-0.25, -0.2) is 0 Å². The normalized spacial score (nSPS) is 31.7. The van der Waals surface area contributed by atoms with Gasteiger partial charge in [-0.05, 0) is 12.8 Å². The molecule has 1 rings (SSSR count). The first-order valence-corrected chi connectivity index (χ1v) is 7.87. The number of hydrogen-bond acceptors (Lipinski definition) is 1. The molecule has 1 saturated carbocycles. The van der Waals surface area contributed by atoms with Gasteiger partial charge in [-0.3, -0.25) is 4.79 Å². The second-order valence-corrected chi connectivity index (χ2v) is 6.60. The molecule has 1 nitrogen and oxygen atoms in total. The quantitative estimate of drug-likeness (QED) is 0.589. The lowest BCUT2D eigenvalue weighted by molar-refractivity contribution is -0.118. The number of hydrogen-bond donors (Lipinski definition) is 0. The van der Waals surface area contributed by atoms with Gasteiger partial charge >= 0.3 is 0 Å². The van der Waals surface area contributed by atoms with Crippen LogP contribution in [0.4, 0.5) is 0 Å². The predicted octanol–water partition coefficient (Wildman–Crippen LogP) is 4.61. The van der Waals surface area contributed by atoms with E-state index in [1.54, 1.807) is 0 Å². The predicted molar refractivity (Wildman–Crippen MR) is 72.0 cm³/mol. The standard InChI is InChI=1S/C12H20Br2O/c13-10-8-6-4-2-1-3-5-7-9-11(14)12(10)15/h10-11H,1-9H2/t10-,11-/m0/s1. The van der Waals surface area contributed by atoms with Gasteiger partial charge in [0.25, 0.3) is 0 Å². The van der Waals surface area contributed by atoms with Crippen LogP contribution in [0.5, 0.6) is 0 Å². The zero-order valence-corrected chi connectivity index (χ0v) is 12.4. The van der Waals surface area contributed by atoms with Gasteiger partial charge in [-0.15, -0.1) is 0 Å². The Kier molecular flexibility index (Phi) is 7.15. The average molecular weight is 340 g/mol. The minimum Gasteiger partial charge on any atom is -0.297 e. The van der Waals surface area contributed by atoms with E-state index in [9.17, 15) is 4.79 Å². The van der Waals surface area contributed by atoms with E-state index in [2.05, 4.69) is 31.9 Å². The molecule has 0 unspecified atom stereocenters. The van der Waals surface area contributed by atoms with Gasteiger partial charge in [0, 0.05) is 0 Å². The molecule has 0 aromatic carbocycles. The number of carbonyl (C=O) groups is 1. The van der Waals surface area contributed by atoms with Crippen molar-refractivity contribution in [3.05, 3.63) is 0 Å². The second-order valence-electron chi connectivity index (χ2n) is 4.39. The van der Waals surface area contributed by atoms with E-state index in [0.717, 1.165) is 12.8 Å². The molecule has 0 saturated heterocycles. The van der Waals surface area contributed by atoms with Crippen molar-refractivity contribution in [1.29, 1.82) is 0 Å². The van der Waals surface area contributed by atoms with Crippen LogP contribution < -0.4 is 0 Å². The van der Waals surface area contributed by atoms with Crippen LogP contribution in [-0.4, -0.2) is 15.4 Å². The lowest BCUT2D eigenvalue weighted by Crippen LogP contribution is -2.24. The van der Waals surface area contributed by atoms with Crippen molar-refractivity contribution in [1.82, 2.24) is 0 Å². The van der Waals surface area contributed by atoms with Crippen LogP contribution in [0.2, 0.25) is 0 Å². The van der Waals surface area contributed by atoms with Crippen molar-refractivity contribution < 1.29 is 4.79 Å². The lowest BCUT2D eigenvalue weighted by Gasteiger charge is -2.15. The third-order valence-corrected chi connectivity index (χ3v) is 4.85. The maximum Gasteiger partial charge on any atom is 0.160 e. The fraction of sp³-hybridized carbons (Fsp3) is 0.917. The number of Topliss-reactive ketones (excluding diaryl/α,β-unsaturated/α-hetero) is 1. The minimum absolute atomic E-state index is 0.0706. The molecule has 15 heavy (non-hydrogen) atoms. The fourth-order valence-corrected chi connectivity index (χ4v) is 3.65. The summed E-state index contributed by atoms with van der Waals surface area (Å²) in [5, 5.41) is 0. The summed E-state index contributed by atoms with van der Waals surface area (Å²) in [6, 6.07) is 0. The maximum absolute atomic E-state index is 11.9. The van der Waals surface area contributed by atoms with Gasteiger partial charge in [-0.2, -0.15) is 0 Å². The zero-order chi connectivity index (χ0) is 11.1. The molecule has 1 aliphatic rings. The van der Waals surface area contributed by atoms with Crippen LogP contribution in [0.25, 0.3) is 0 Å². The Hall–Kier alpha value is 0.630. The highest BCUT2D eigenvalue weighted by Crippen LogP contribution is 2.22. The number of ketones is 1. The van der Waals surface area contributed by atoms with E-state index >= 15 is 0 Å². The van der Waals surface area contributed by atoms with Gasteiger partial charge < -0.3 is 0 Å². The molecule has 2 atom stereocenters. The largest absolute Gasteiger partial charge is 0.297 e. The van der Waals surface area contributed by atoms with E-state index in [1.165, 1.54) is 44.9 Å². The summed E-state index contributed by atoms with van der Waals surface area (Å²) in [4.78, 5) is 12.0. The molecule has 88 valence electrons. The zero-order valence-electron chi connectivity index (χ0n) is 9.18. The Morgan fingerprint density at radius 1 is 0.733 bits per heavy atom. The van der Waals surface area contributed by atoms with Gasteiger partial charge in [0.2, 0.25) is 0 Å². The molecular formula is C12H20Br2O. The monoisotopic (exact) mass is 338 g/mol. The van der Waals surface area contributed by atoms with Crippen LogP contribution in [0.1, 0.15) is 57.8 Å². The first-order valence-electron chi connectivity index (χ1n) is 6.03. The van der Waals surface area contributed by atoms with E-state index in [0.29, 0.717) is 5.78 Å². The first-order chi connectivity index (χ1) is 7.22. The molecule has 0 spiro atoms. The Labute approximate surface area is 110 Å². The summed E-state index contributed by atoms with van der Waals surface area (Å²) in [6.45, 7) is 0. The molecule has 1 fully saturated rings. The third-order valence-electron chi connectivity index (χ3n) is 3.03. The van der Waals surface area contributed by atoms with Crippen LogP contribution in [-0.2, 0) is 4.79 Å². The molecule has 1 aliphatic carbocycles. The Morgan fingerprint density at radius 2 is 1.07 bits per heavy atom. The molecule has 0 N–H and O–H groups in total. The second kappa shape index (κ2) is 7.83. The average Bonchev–Trinajstić information content (AvgIpc) is 2.23. The van der Waals surface area contributed by atoms with Crippen molar-refractivity contribution in [2.24, 2.45) is 0 Å². The van der Waals surface area contributed by atoms with E-state index in [4.69, 9.17) is 0 Å². The van der Waals surface area contributed by atoms with Gasteiger partial charge in [0.1, 0.15) is 0 Å². The Bertz CT molecular complexity index is 176. The molecule has 0 heterocycles. The van der Waals surface area contributed by atoms with Gasteiger partial charge in [0.05, 0.1) is 9.65 Å². The fourth-order valence-electron chi connectivity index (χ4n) is 2.01. The highest BCUT2D eigenvalue weighted by molar-refractivity contribution is 9.10. The number of halogens is 2. The van der Waals surface area contributed by atoms with Crippen LogP contribution >= 0.6 is 31.9 Å². The summed E-state index contributed by atoms with van der Waals surface area (Å²) in [6.07, 6.45) is 11.0. The van der Waals surface area contributed by atoms with Crippen molar-refractivity contribution in [3.63, 3.8) is 0 Å². The van der Waals surface area contributed by atoms with Crippen LogP contribution in [0.15, 0.2) is 0 Å². The van der Waals surface area contributed by atoms with E-state index in [-0.39, 0.29) is 9.65 Å². The Balaban J connectivity index is 2.40. The molecule has 0 amide bonds. The number of carbonyl (C=O) groups excluding carboxylic acids is 1. The summed E-state index contributed by atoms with van der Waals surface area (Å²) < 4.78 is 0. The summed E-state index contributed by atoms with van der Waals surface area (Å²) in [5.41, 5.74) is 0. The first kappa shape index (κ1) is 13.7. The third kappa shape index (κ3) is 5.48. The minimum atomic E-state index is 0.0706. The molecule has 0 bridgehead atoms. The molecule has 3 heteroatoms. The molecule has 0 aromatic heterocycles. The van der Waals surface area contributed by atoms with E-state index in [1.807, 2.05) is 0 Å². The van der Waals surface area contributed by atoms with Gasteiger partial charge in [0.15, 0.2) is 5.78 Å². The summed E-state index contributed by atoms with van der Waals surface area (Å²) in [7, 11) is 0. The molecule has 0 aromatic rings. The topological polar surface area (TPSA) is 17.1 Å². The van der Waals surface area contributed by atoms with Crippen LogP contribution in [0, 0.1) is 0 Å². The van der Waals surface area contributed by atoms with E-state index < -0.39 is 0 Å². The number of rotatable bonds is 0. The maximum atomic E-state index is 11.9. The SMILES string of the molecule is O=C1[C@@H](Br)CCCCCCCCC[C@@H]1Br. The lowest BCUT2D eigenvalue weighted by atomic mass is 10.0. The highest BCUT2D eigenvalue weighted by Gasteiger charge is 2.22. The van der Waals surface area contributed by atoms with Crippen LogP contribution in [0.3, 0.4) is 0 Å². The molecular weight excluding hydrogens is 320 g/mol. The Morgan fingerprint density at radius 3 is 1.47 bits per heavy atom. The van der Waals surface area contributed by atoms with Crippen molar-refractivity contribution in [2.45, 2.75) is 67.4 Å². The van der Waals surface area contributed by atoms with Crippen molar-refractivity contribution in [3.8, 4) is 0 Å². The summed E-state index contributed by atoms with van der Waals surface area (Å²) >= 11 is 7.01. The molecule has 0 radical (unpaired) electrons. The number of alkyl halides is 2. The summed E-state index contributed by atoms with van der Waals surface area (Å²) in [5.74, 6) is 0.343. The van der Waals surface area contributed by atoms with Gasteiger partial charge in [-0.1, -0.05) is 76.8 Å². The van der Waals surface area contributed by atoms with Crippen molar-refractivity contribution in [2.75, 3.05) is 0 Å². The molecule has 0 aliphatic heterocycles. The smallest absolute Gasteiger partial charge is 0.160 e.